The fourth-order valence-corrected chi connectivity index (χ4v) is 9.39. The lowest BCUT2D eigenvalue weighted by Gasteiger charge is -2.29. The van der Waals surface area contributed by atoms with E-state index in [1.54, 1.807) is 29.5 Å². The highest BCUT2D eigenvalue weighted by Crippen LogP contribution is 2.41. The minimum Gasteiger partial charge on any atom is -0.364 e. The van der Waals surface area contributed by atoms with Crippen molar-refractivity contribution in [3.63, 3.8) is 0 Å². The number of rotatable bonds is 7. The number of anilines is 1. The van der Waals surface area contributed by atoms with Gasteiger partial charge in [0.1, 0.15) is 16.2 Å². The van der Waals surface area contributed by atoms with Crippen molar-refractivity contribution in [3.8, 4) is 21.8 Å². The second kappa shape index (κ2) is 10.3. The van der Waals surface area contributed by atoms with E-state index < -0.39 is 10.0 Å². The number of nitrogens with zero attached hydrogens (tertiary/aromatic N) is 2. The van der Waals surface area contributed by atoms with E-state index in [2.05, 4.69) is 39.5 Å². The molecule has 1 saturated carbocycles. The number of hydrogen-bond acceptors (Lipinski definition) is 9. The number of thioether (sulfide) groups is 1. The molecule has 1 aliphatic heterocycles. The summed E-state index contributed by atoms with van der Waals surface area (Å²) in [7, 11) is -3.54. The molecule has 0 bridgehead atoms. The molecule has 4 heterocycles. The standard InChI is InChI=1S/C25H26N4O3S4/c30-36(31,23-10-9-21(34-23)19-11-13-32-29-19)26-15-16-5-7-17(8-6-16)27-25-28-24-18-3-1-2-4-20(18)33-14-12-22(24)35-25/h1-4,9-11,13,16-17,26H,5-8,12,14-15H2,(H,27,28)/t16-,17-. The number of hydrogen-bond donors (Lipinski definition) is 2. The van der Waals surface area contributed by atoms with Crippen molar-refractivity contribution in [3.05, 3.63) is 53.6 Å². The third kappa shape index (κ3) is 5.12. The fourth-order valence-electron chi connectivity index (χ4n) is 4.76. The van der Waals surface area contributed by atoms with Gasteiger partial charge in [-0.15, -0.1) is 34.4 Å². The molecule has 0 amide bonds. The quantitative estimate of drug-likeness (QED) is 0.282. The maximum Gasteiger partial charge on any atom is 0.250 e. The van der Waals surface area contributed by atoms with Crippen LogP contribution in [0.2, 0.25) is 0 Å². The minimum atomic E-state index is -3.54. The minimum absolute atomic E-state index is 0.305. The Hall–Kier alpha value is -2.18. The molecule has 7 nitrogen and oxygen atoms in total. The second-order valence-corrected chi connectivity index (χ2v) is 14.4. The van der Waals surface area contributed by atoms with Crippen molar-refractivity contribution in [1.29, 1.82) is 0 Å². The summed E-state index contributed by atoms with van der Waals surface area (Å²) in [5.41, 5.74) is 3.02. The van der Waals surface area contributed by atoms with Crippen LogP contribution in [0.5, 0.6) is 0 Å². The van der Waals surface area contributed by atoms with Crippen LogP contribution in [0.15, 0.2) is 62.4 Å². The molecular weight excluding hydrogens is 533 g/mol. The van der Waals surface area contributed by atoms with Crippen molar-refractivity contribution in [2.24, 2.45) is 5.92 Å². The van der Waals surface area contributed by atoms with Gasteiger partial charge < -0.3 is 9.84 Å². The van der Waals surface area contributed by atoms with Gasteiger partial charge >= 0.3 is 0 Å². The zero-order valence-corrected chi connectivity index (χ0v) is 22.7. The Balaban J connectivity index is 1.03. The highest BCUT2D eigenvalue weighted by atomic mass is 32.2. The Bertz CT molecular complexity index is 1440. The van der Waals surface area contributed by atoms with Crippen LogP contribution in [-0.4, -0.2) is 36.9 Å². The first-order valence-electron chi connectivity index (χ1n) is 12.0. The van der Waals surface area contributed by atoms with Crippen molar-refractivity contribution in [2.45, 2.75) is 47.3 Å². The number of benzene rings is 1. The lowest BCUT2D eigenvalue weighted by molar-refractivity contribution is 0.337. The highest BCUT2D eigenvalue weighted by molar-refractivity contribution is 7.99. The van der Waals surface area contributed by atoms with Gasteiger partial charge in [0.15, 0.2) is 5.13 Å². The summed E-state index contributed by atoms with van der Waals surface area (Å²) in [5, 5.41) is 8.56. The van der Waals surface area contributed by atoms with E-state index in [9.17, 15) is 8.42 Å². The summed E-state index contributed by atoms with van der Waals surface area (Å²) in [6, 6.07) is 14.0. The molecule has 36 heavy (non-hydrogen) atoms. The van der Waals surface area contributed by atoms with Gasteiger partial charge in [-0.3, -0.25) is 0 Å². The molecule has 1 aromatic carbocycles. The first-order valence-corrected chi connectivity index (χ1v) is 16.1. The Morgan fingerprint density at radius 3 is 2.72 bits per heavy atom. The van der Waals surface area contributed by atoms with E-state index in [4.69, 9.17) is 9.51 Å². The second-order valence-electron chi connectivity index (χ2n) is 9.10. The molecule has 188 valence electrons. The van der Waals surface area contributed by atoms with Gasteiger partial charge in [0.25, 0.3) is 0 Å². The smallest absolute Gasteiger partial charge is 0.250 e. The zero-order valence-electron chi connectivity index (χ0n) is 19.5. The van der Waals surface area contributed by atoms with Crippen LogP contribution in [0.1, 0.15) is 30.6 Å². The van der Waals surface area contributed by atoms with Gasteiger partial charge in [-0.1, -0.05) is 23.4 Å². The normalized spacial score (nSPS) is 19.9. The molecular formula is C25H26N4O3S4. The van der Waals surface area contributed by atoms with E-state index in [1.807, 2.05) is 11.8 Å². The maximum atomic E-state index is 12.8. The van der Waals surface area contributed by atoms with Gasteiger partial charge in [0.2, 0.25) is 10.0 Å². The lowest BCUT2D eigenvalue weighted by Crippen LogP contribution is -2.33. The van der Waals surface area contributed by atoms with Crippen LogP contribution >= 0.6 is 34.4 Å². The molecule has 6 rings (SSSR count). The summed E-state index contributed by atoms with van der Waals surface area (Å²) >= 11 is 4.90. The monoisotopic (exact) mass is 558 g/mol. The number of aromatic nitrogens is 2. The summed E-state index contributed by atoms with van der Waals surface area (Å²) < 4.78 is 33.6. The molecule has 4 aromatic rings. The molecule has 0 unspecified atom stereocenters. The molecule has 2 N–H and O–H groups in total. The number of fused-ring (bicyclic) bond motifs is 3. The predicted octanol–water partition coefficient (Wildman–Crippen LogP) is 6.12. The average Bonchev–Trinajstić information content (AvgIpc) is 3.64. The summed E-state index contributed by atoms with van der Waals surface area (Å²) in [5.74, 6) is 1.42. The average molecular weight is 559 g/mol. The van der Waals surface area contributed by atoms with Crippen molar-refractivity contribution >= 4 is 49.6 Å². The fraction of sp³-hybridized carbons (Fsp3) is 0.360. The summed E-state index contributed by atoms with van der Waals surface area (Å²) in [6.07, 6.45) is 6.52. The van der Waals surface area contributed by atoms with Crippen molar-refractivity contribution in [2.75, 3.05) is 17.6 Å². The van der Waals surface area contributed by atoms with Crippen molar-refractivity contribution in [1.82, 2.24) is 14.9 Å². The third-order valence-corrected chi connectivity index (χ3v) is 11.8. The number of nitrogens with one attached hydrogen (secondary N) is 2. The Morgan fingerprint density at radius 2 is 1.89 bits per heavy atom. The van der Waals surface area contributed by atoms with Gasteiger partial charge in [-0.05, 0) is 56.2 Å². The van der Waals surface area contributed by atoms with Gasteiger partial charge in [-0.25, -0.2) is 18.1 Å². The topological polar surface area (TPSA) is 97.1 Å². The van der Waals surface area contributed by atoms with Gasteiger partial charge in [0.05, 0.1) is 10.6 Å². The predicted molar refractivity (Wildman–Crippen MR) is 146 cm³/mol. The number of thiazole rings is 1. The molecule has 2 aliphatic rings. The van der Waals surface area contributed by atoms with Crippen LogP contribution in [0.4, 0.5) is 5.13 Å². The van der Waals surface area contributed by atoms with Crippen molar-refractivity contribution < 1.29 is 12.9 Å². The molecule has 1 aliphatic carbocycles. The molecule has 0 radical (unpaired) electrons. The van der Waals surface area contributed by atoms with Crippen LogP contribution in [0.3, 0.4) is 0 Å². The van der Waals surface area contributed by atoms with Crippen LogP contribution in [0, 0.1) is 5.92 Å². The van der Waals surface area contributed by atoms with Crippen LogP contribution in [0.25, 0.3) is 21.8 Å². The molecule has 0 atom stereocenters. The highest BCUT2D eigenvalue weighted by Gasteiger charge is 2.26. The van der Waals surface area contributed by atoms with Gasteiger partial charge in [0, 0.05) is 39.7 Å². The lowest BCUT2D eigenvalue weighted by atomic mass is 9.86. The first kappa shape index (κ1) is 24.2. The Kier molecular flexibility index (Phi) is 6.91. The SMILES string of the molecule is O=S(=O)(NC[C@H]1CC[C@H](Nc2nc3c(s2)CCSc2ccccc2-3)CC1)c1ccc(-c2ccon2)s1. The largest absolute Gasteiger partial charge is 0.364 e. The molecule has 0 saturated heterocycles. The number of aryl methyl sites for hydroxylation is 1. The maximum absolute atomic E-state index is 12.8. The number of sulfonamides is 1. The van der Waals surface area contributed by atoms with E-state index >= 15 is 0 Å². The Morgan fingerprint density at radius 1 is 1.03 bits per heavy atom. The van der Waals surface area contributed by atoms with E-state index in [1.165, 1.54) is 32.9 Å². The molecule has 3 aromatic heterocycles. The van der Waals surface area contributed by atoms with E-state index in [-0.39, 0.29) is 0 Å². The van der Waals surface area contributed by atoms with Crippen LogP contribution in [-0.2, 0) is 16.4 Å². The van der Waals surface area contributed by atoms with E-state index in [0.717, 1.165) is 53.6 Å². The Labute approximate surface area is 222 Å². The zero-order chi connectivity index (χ0) is 24.5. The first-order chi connectivity index (χ1) is 17.5. The molecule has 0 spiro atoms. The third-order valence-electron chi connectivity index (χ3n) is 6.70. The molecule has 11 heteroatoms. The van der Waals surface area contributed by atoms with Gasteiger partial charge in [-0.2, -0.15) is 0 Å². The van der Waals surface area contributed by atoms with E-state index in [0.29, 0.717) is 28.4 Å². The summed E-state index contributed by atoms with van der Waals surface area (Å²) in [6.45, 7) is 0.465. The number of thiophene rings is 1. The molecule has 1 fully saturated rings. The van der Waals surface area contributed by atoms with Crippen LogP contribution < -0.4 is 10.0 Å². The summed E-state index contributed by atoms with van der Waals surface area (Å²) in [4.78, 5) is 8.43.